The number of likely N-dealkylation sites (tertiary alicyclic amines) is 1. The van der Waals surface area contributed by atoms with E-state index in [0.29, 0.717) is 13.1 Å². The van der Waals surface area contributed by atoms with Crippen molar-refractivity contribution in [3.05, 3.63) is 35.9 Å². The molecule has 0 amide bonds. The number of hydrogen-bond acceptors (Lipinski definition) is 1. The molecule has 1 aliphatic heterocycles. The zero-order valence-corrected chi connectivity index (χ0v) is 7.83. The van der Waals surface area contributed by atoms with E-state index < -0.39 is 5.67 Å². The third kappa shape index (κ3) is 2.07. The number of rotatable bonds is 2. The molecule has 1 aromatic carbocycles. The van der Waals surface area contributed by atoms with Crippen molar-refractivity contribution in [3.8, 4) is 0 Å². The molecule has 0 radical (unpaired) electrons. The summed E-state index contributed by atoms with van der Waals surface area (Å²) in [6, 6.07) is 10.2. The van der Waals surface area contributed by atoms with Crippen LogP contribution in [0.25, 0.3) is 0 Å². The minimum atomic E-state index is -0.950. The lowest BCUT2D eigenvalue weighted by molar-refractivity contribution is -0.0225. The largest absolute Gasteiger partial charge is 0.293 e. The SMILES string of the molecule is CC1(F)CN(Cc2ccccc2)C1. The maximum atomic E-state index is 13.1. The van der Waals surface area contributed by atoms with Crippen LogP contribution in [0.3, 0.4) is 0 Å². The van der Waals surface area contributed by atoms with Gasteiger partial charge in [-0.15, -0.1) is 0 Å². The molecule has 1 fully saturated rings. The van der Waals surface area contributed by atoms with Gasteiger partial charge in [-0.1, -0.05) is 30.3 Å². The van der Waals surface area contributed by atoms with Gasteiger partial charge in [0.25, 0.3) is 0 Å². The standard InChI is InChI=1S/C11H14FN/c1-11(12)8-13(9-11)7-10-5-3-2-4-6-10/h2-6H,7-9H2,1H3. The molecule has 1 nitrogen and oxygen atoms in total. The molecule has 1 aliphatic rings. The third-order valence-electron chi connectivity index (χ3n) is 2.36. The van der Waals surface area contributed by atoms with Crippen LogP contribution < -0.4 is 0 Å². The molecule has 1 heterocycles. The Bertz CT molecular complexity index is 273. The molecule has 1 aromatic rings. The fourth-order valence-corrected chi connectivity index (χ4v) is 1.84. The van der Waals surface area contributed by atoms with Crippen LogP contribution in [-0.2, 0) is 6.54 Å². The van der Waals surface area contributed by atoms with Gasteiger partial charge in [-0.05, 0) is 12.5 Å². The predicted octanol–water partition coefficient (Wildman–Crippen LogP) is 2.23. The van der Waals surface area contributed by atoms with Crippen molar-refractivity contribution in [2.24, 2.45) is 0 Å². The number of halogens is 1. The molecule has 0 aliphatic carbocycles. The molecule has 13 heavy (non-hydrogen) atoms. The van der Waals surface area contributed by atoms with E-state index in [1.165, 1.54) is 5.56 Å². The highest BCUT2D eigenvalue weighted by molar-refractivity contribution is 5.15. The maximum absolute atomic E-state index is 13.1. The minimum absolute atomic E-state index is 0.571. The summed E-state index contributed by atoms with van der Waals surface area (Å²) in [5, 5.41) is 0. The second-order valence-corrected chi connectivity index (χ2v) is 4.04. The van der Waals surface area contributed by atoms with Crippen LogP contribution in [0.15, 0.2) is 30.3 Å². The lowest BCUT2D eigenvalue weighted by atomic mass is 9.98. The smallest absolute Gasteiger partial charge is 0.133 e. The second-order valence-electron chi connectivity index (χ2n) is 4.04. The molecule has 0 bridgehead atoms. The van der Waals surface area contributed by atoms with E-state index in [-0.39, 0.29) is 0 Å². The topological polar surface area (TPSA) is 3.24 Å². The molecule has 0 unspecified atom stereocenters. The van der Waals surface area contributed by atoms with Crippen molar-refractivity contribution in [1.29, 1.82) is 0 Å². The fraction of sp³-hybridized carbons (Fsp3) is 0.455. The van der Waals surface area contributed by atoms with Crippen LogP contribution in [0, 0.1) is 0 Å². The predicted molar refractivity (Wildman–Crippen MR) is 51.2 cm³/mol. The van der Waals surface area contributed by atoms with E-state index in [4.69, 9.17) is 0 Å². The Morgan fingerprint density at radius 2 is 1.92 bits per heavy atom. The zero-order valence-electron chi connectivity index (χ0n) is 7.83. The molecule has 0 aromatic heterocycles. The van der Waals surface area contributed by atoms with Crippen molar-refractivity contribution < 1.29 is 4.39 Å². The van der Waals surface area contributed by atoms with Gasteiger partial charge in [-0.2, -0.15) is 0 Å². The van der Waals surface area contributed by atoms with E-state index in [0.717, 1.165) is 6.54 Å². The van der Waals surface area contributed by atoms with E-state index >= 15 is 0 Å². The lowest BCUT2D eigenvalue weighted by Gasteiger charge is -2.42. The van der Waals surface area contributed by atoms with Gasteiger partial charge in [0.1, 0.15) is 5.67 Å². The molecule has 70 valence electrons. The minimum Gasteiger partial charge on any atom is -0.293 e. The first-order chi connectivity index (χ1) is 6.16. The quantitative estimate of drug-likeness (QED) is 0.673. The number of nitrogens with zero attached hydrogens (tertiary/aromatic N) is 1. The van der Waals surface area contributed by atoms with Gasteiger partial charge in [0.2, 0.25) is 0 Å². The van der Waals surface area contributed by atoms with Gasteiger partial charge in [0.15, 0.2) is 0 Å². The fourth-order valence-electron chi connectivity index (χ4n) is 1.84. The first kappa shape index (κ1) is 8.70. The Morgan fingerprint density at radius 1 is 1.31 bits per heavy atom. The molecule has 1 saturated heterocycles. The molecule has 0 N–H and O–H groups in total. The Balaban J connectivity index is 1.88. The van der Waals surface area contributed by atoms with Gasteiger partial charge in [-0.3, -0.25) is 4.90 Å². The van der Waals surface area contributed by atoms with Crippen molar-refractivity contribution in [3.63, 3.8) is 0 Å². The Hall–Kier alpha value is -0.890. The molecule has 2 rings (SSSR count). The molecule has 0 saturated carbocycles. The average molecular weight is 179 g/mol. The van der Waals surface area contributed by atoms with Crippen LogP contribution in [0.1, 0.15) is 12.5 Å². The van der Waals surface area contributed by atoms with E-state index in [2.05, 4.69) is 17.0 Å². The number of alkyl halides is 1. The van der Waals surface area contributed by atoms with Crippen LogP contribution in [-0.4, -0.2) is 23.7 Å². The van der Waals surface area contributed by atoms with Crippen LogP contribution in [0.5, 0.6) is 0 Å². The molecular formula is C11H14FN. The van der Waals surface area contributed by atoms with Gasteiger partial charge in [-0.25, -0.2) is 4.39 Å². The normalized spacial score (nSPS) is 21.1. The highest BCUT2D eigenvalue weighted by Crippen LogP contribution is 2.25. The van der Waals surface area contributed by atoms with E-state index in [9.17, 15) is 4.39 Å². The van der Waals surface area contributed by atoms with Crippen molar-refractivity contribution in [1.82, 2.24) is 4.90 Å². The summed E-state index contributed by atoms with van der Waals surface area (Å²) in [6.45, 7) is 3.68. The summed E-state index contributed by atoms with van der Waals surface area (Å²) < 4.78 is 13.1. The number of benzene rings is 1. The molecular weight excluding hydrogens is 165 g/mol. The van der Waals surface area contributed by atoms with Crippen LogP contribution >= 0.6 is 0 Å². The average Bonchev–Trinajstić information content (AvgIpc) is 2.03. The summed E-state index contributed by atoms with van der Waals surface area (Å²) in [4.78, 5) is 2.12. The summed E-state index contributed by atoms with van der Waals surface area (Å²) in [7, 11) is 0. The lowest BCUT2D eigenvalue weighted by Crippen LogP contribution is -2.56. The molecule has 2 heteroatoms. The van der Waals surface area contributed by atoms with Crippen LogP contribution in [0.4, 0.5) is 4.39 Å². The molecule has 0 spiro atoms. The van der Waals surface area contributed by atoms with Crippen molar-refractivity contribution >= 4 is 0 Å². The summed E-state index contributed by atoms with van der Waals surface area (Å²) >= 11 is 0. The van der Waals surface area contributed by atoms with E-state index in [1.807, 2.05) is 18.2 Å². The highest BCUT2D eigenvalue weighted by atomic mass is 19.1. The summed E-state index contributed by atoms with van der Waals surface area (Å²) in [5.41, 5.74) is 0.312. The zero-order chi connectivity index (χ0) is 9.31. The van der Waals surface area contributed by atoms with Gasteiger partial charge in [0.05, 0.1) is 0 Å². The van der Waals surface area contributed by atoms with Crippen LogP contribution in [0.2, 0.25) is 0 Å². The number of hydrogen-bond donors (Lipinski definition) is 0. The Morgan fingerprint density at radius 3 is 2.46 bits per heavy atom. The maximum Gasteiger partial charge on any atom is 0.133 e. The first-order valence-electron chi connectivity index (χ1n) is 4.61. The van der Waals surface area contributed by atoms with Gasteiger partial charge < -0.3 is 0 Å². The molecule has 0 atom stereocenters. The summed E-state index contributed by atoms with van der Waals surface area (Å²) in [5.74, 6) is 0. The van der Waals surface area contributed by atoms with Gasteiger partial charge >= 0.3 is 0 Å². The highest BCUT2D eigenvalue weighted by Gasteiger charge is 2.38. The van der Waals surface area contributed by atoms with Gasteiger partial charge in [0, 0.05) is 19.6 Å². The first-order valence-corrected chi connectivity index (χ1v) is 4.61. The third-order valence-corrected chi connectivity index (χ3v) is 2.36. The summed E-state index contributed by atoms with van der Waals surface area (Å²) in [6.07, 6.45) is 0. The monoisotopic (exact) mass is 179 g/mol. The second kappa shape index (κ2) is 3.11. The van der Waals surface area contributed by atoms with E-state index in [1.54, 1.807) is 6.92 Å². The van der Waals surface area contributed by atoms with Crippen molar-refractivity contribution in [2.75, 3.05) is 13.1 Å². The van der Waals surface area contributed by atoms with Crippen molar-refractivity contribution in [2.45, 2.75) is 19.1 Å². The Labute approximate surface area is 78.2 Å². The Kier molecular flexibility index (Phi) is 2.08.